The Morgan fingerprint density at radius 3 is 2.48 bits per heavy atom. The van der Waals surface area contributed by atoms with Crippen LogP contribution < -0.4 is 0 Å². The SMILES string of the molecule is CC(O)COC(=O)c1ccc2c(c1)C(=O)c1ccccc1-2. The summed E-state index contributed by atoms with van der Waals surface area (Å²) in [5.41, 5.74) is 3.21. The molecule has 0 bridgehead atoms. The monoisotopic (exact) mass is 282 g/mol. The molecule has 0 heterocycles. The number of ether oxygens (including phenoxy) is 1. The van der Waals surface area contributed by atoms with Crippen LogP contribution in [0.4, 0.5) is 0 Å². The lowest BCUT2D eigenvalue weighted by atomic mass is 10.0. The van der Waals surface area contributed by atoms with E-state index in [9.17, 15) is 9.59 Å². The largest absolute Gasteiger partial charge is 0.459 e. The fourth-order valence-corrected chi connectivity index (χ4v) is 2.43. The van der Waals surface area contributed by atoms with Gasteiger partial charge in [-0.15, -0.1) is 0 Å². The van der Waals surface area contributed by atoms with E-state index < -0.39 is 12.1 Å². The molecule has 0 spiro atoms. The maximum atomic E-state index is 12.3. The smallest absolute Gasteiger partial charge is 0.338 e. The van der Waals surface area contributed by atoms with Crippen molar-refractivity contribution in [1.82, 2.24) is 0 Å². The second-order valence-corrected chi connectivity index (χ2v) is 5.08. The van der Waals surface area contributed by atoms with Crippen molar-refractivity contribution >= 4 is 11.8 Å². The lowest BCUT2D eigenvalue weighted by Crippen LogP contribution is -2.15. The van der Waals surface area contributed by atoms with E-state index >= 15 is 0 Å². The van der Waals surface area contributed by atoms with E-state index in [0.29, 0.717) is 16.7 Å². The quantitative estimate of drug-likeness (QED) is 0.749. The van der Waals surface area contributed by atoms with E-state index in [0.717, 1.165) is 11.1 Å². The number of carbonyl (C=O) groups is 2. The number of ketones is 1. The molecule has 1 aliphatic rings. The lowest BCUT2D eigenvalue weighted by Gasteiger charge is -2.07. The van der Waals surface area contributed by atoms with Gasteiger partial charge in [0.25, 0.3) is 0 Å². The van der Waals surface area contributed by atoms with Crippen molar-refractivity contribution in [2.24, 2.45) is 0 Å². The van der Waals surface area contributed by atoms with Crippen LogP contribution in [0.3, 0.4) is 0 Å². The summed E-state index contributed by atoms with van der Waals surface area (Å²) in [4.78, 5) is 24.2. The van der Waals surface area contributed by atoms with Gasteiger partial charge in [-0.25, -0.2) is 4.79 Å². The molecule has 21 heavy (non-hydrogen) atoms. The van der Waals surface area contributed by atoms with E-state index in [2.05, 4.69) is 0 Å². The van der Waals surface area contributed by atoms with Gasteiger partial charge in [-0.1, -0.05) is 30.3 Å². The van der Waals surface area contributed by atoms with Gasteiger partial charge in [0.05, 0.1) is 11.7 Å². The number of esters is 1. The first kappa shape index (κ1) is 13.5. The van der Waals surface area contributed by atoms with Gasteiger partial charge in [0.2, 0.25) is 0 Å². The number of aliphatic hydroxyl groups excluding tert-OH is 1. The fraction of sp³-hybridized carbons (Fsp3) is 0.176. The number of rotatable bonds is 3. The fourth-order valence-electron chi connectivity index (χ4n) is 2.43. The standard InChI is InChI=1S/C17H14O4/c1-10(18)9-21-17(20)11-6-7-13-12-4-2-3-5-14(12)16(19)15(13)8-11/h2-8,10,18H,9H2,1H3. The average molecular weight is 282 g/mol. The first-order valence-electron chi connectivity index (χ1n) is 6.71. The van der Waals surface area contributed by atoms with E-state index in [4.69, 9.17) is 9.84 Å². The van der Waals surface area contributed by atoms with Crippen molar-refractivity contribution in [2.45, 2.75) is 13.0 Å². The Morgan fingerprint density at radius 2 is 1.76 bits per heavy atom. The van der Waals surface area contributed by atoms with Crippen LogP contribution in [-0.2, 0) is 4.74 Å². The number of carbonyl (C=O) groups excluding carboxylic acids is 2. The Labute approximate surface area is 122 Å². The minimum Gasteiger partial charge on any atom is -0.459 e. The Morgan fingerprint density at radius 1 is 1.10 bits per heavy atom. The summed E-state index contributed by atoms with van der Waals surface area (Å²) < 4.78 is 4.96. The number of aliphatic hydroxyl groups is 1. The van der Waals surface area contributed by atoms with Crippen molar-refractivity contribution in [2.75, 3.05) is 6.61 Å². The summed E-state index contributed by atoms with van der Waals surface area (Å²) in [5, 5.41) is 9.13. The second kappa shape index (κ2) is 5.14. The van der Waals surface area contributed by atoms with Gasteiger partial charge in [0.15, 0.2) is 5.78 Å². The molecule has 0 saturated heterocycles. The maximum Gasteiger partial charge on any atom is 0.338 e. The van der Waals surface area contributed by atoms with E-state index in [1.54, 1.807) is 24.3 Å². The van der Waals surface area contributed by atoms with Gasteiger partial charge in [-0.2, -0.15) is 0 Å². The van der Waals surface area contributed by atoms with Crippen LogP contribution in [0.5, 0.6) is 0 Å². The molecule has 1 unspecified atom stereocenters. The first-order chi connectivity index (χ1) is 10.1. The van der Waals surface area contributed by atoms with Crippen LogP contribution in [-0.4, -0.2) is 29.6 Å². The Bertz CT molecular complexity index is 731. The highest BCUT2D eigenvalue weighted by Gasteiger charge is 2.27. The molecule has 1 N–H and O–H groups in total. The molecule has 2 aromatic carbocycles. The minimum absolute atomic E-state index is 0.0654. The zero-order valence-corrected chi connectivity index (χ0v) is 11.5. The summed E-state index contributed by atoms with van der Waals surface area (Å²) >= 11 is 0. The van der Waals surface area contributed by atoms with Crippen molar-refractivity contribution in [3.05, 3.63) is 59.2 Å². The zero-order chi connectivity index (χ0) is 15.0. The molecular weight excluding hydrogens is 268 g/mol. The first-order valence-corrected chi connectivity index (χ1v) is 6.71. The summed E-state index contributed by atoms with van der Waals surface area (Å²) in [6.07, 6.45) is -0.714. The molecule has 3 rings (SSSR count). The lowest BCUT2D eigenvalue weighted by molar-refractivity contribution is 0.0296. The Balaban J connectivity index is 1.94. The highest BCUT2D eigenvalue weighted by atomic mass is 16.5. The molecule has 1 aliphatic carbocycles. The predicted molar refractivity (Wildman–Crippen MR) is 77.3 cm³/mol. The molecule has 106 valence electrons. The zero-order valence-electron chi connectivity index (χ0n) is 11.5. The molecule has 2 aromatic rings. The van der Waals surface area contributed by atoms with Crippen LogP contribution in [0.25, 0.3) is 11.1 Å². The van der Waals surface area contributed by atoms with Gasteiger partial charge in [0, 0.05) is 11.1 Å². The third kappa shape index (κ3) is 2.34. The predicted octanol–water partition coefficient (Wildman–Crippen LogP) is 2.44. The third-order valence-electron chi connectivity index (χ3n) is 3.42. The highest BCUT2D eigenvalue weighted by Crippen LogP contribution is 2.36. The summed E-state index contributed by atoms with van der Waals surface area (Å²) in [5.74, 6) is -0.617. The van der Waals surface area contributed by atoms with Gasteiger partial charge >= 0.3 is 5.97 Å². The van der Waals surface area contributed by atoms with Crippen LogP contribution >= 0.6 is 0 Å². The summed E-state index contributed by atoms with van der Waals surface area (Å²) in [7, 11) is 0. The number of hydrogen-bond acceptors (Lipinski definition) is 4. The van der Waals surface area contributed by atoms with Crippen molar-refractivity contribution in [3.63, 3.8) is 0 Å². The van der Waals surface area contributed by atoms with E-state index in [1.165, 1.54) is 6.92 Å². The highest BCUT2D eigenvalue weighted by molar-refractivity contribution is 6.22. The van der Waals surface area contributed by atoms with Crippen molar-refractivity contribution in [1.29, 1.82) is 0 Å². The van der Waals surface area contributed by atoms with Crippen LogP contribution in [0.1, 0.15) is 33.2 Å². The topological polar surface area (TPSA) is 63.6 Å². The Kier molecular flexibility index (Phi) is 3.31. The molecule has 0 amide bonds. The number of benzene rings is 2. The molecule has 0 aliphatic heterocycles. The molecular formula is C17H14O4. The van der Waals surface area contributed by atoms with Crippen LogP contribution in [0.2, 0.25) is 0 Å². The van der Waals surface area contributed by atoms with Crippen LogP contribution in [0, 0.1) is 0 Å². The third-order valence-corrected chi connectivity index (χ3v) is 3.42. The average Bonchev–Trinajstić information content (AvgIpc) is 2.78. The molecule has 4 heteroatoms. The summed E-state index contributed by atoms with van der Waals surface area (Å²) in [6.45, 7) is 1.47. The molecule has 1 atom stereocenters. The van der Waals surface area contributed by atoms with Gasteiger partial charge < -0.3 is 9.84 Å². The van der Waals surface area contributed by atoms with Gasteiger partial charge in [-0.3, -0.25) is 4.79 Å². The molecule has 0 aromatic heterocycles. The van der Waals surface area contributed by atoms with Crippen molar-refractivity contribution in [3.8, 4) is 11.1 Å². The van der Waals surface area contributed by atoms with Crippen LogP contribution in [0.15, 0.2) is 42.5 Å². The second-order valence-electron chi connectivity index (χ2n) is 5.08. The number of fused-ring (bicyclic) bond motifs is 3. The van der Waals surface area contributed by atoms with E-state index in [1.807, 2.05) is 18.2 Å². The molecule has 4 nitrogen and oxygen atoms in total. The molecule has 0 radical (unpaired) electrons. The maximum absolute atomic E-state index is 12.3. The van der Waals surface area contributed by atoms with E-state index in [-0.39, 0.29) is 12.4 Å². The minimum atomic E-state index is -0.714. The number of hydrogen-bond donors (Lipinski definition) is 1. The van der Waals surface area contributed by atoms with Gasteiger partial charge in [0.1, 0.15) is 6.61 Å². The van der Waals surface area contributed by atoms with Gasteiger partial charge in [-0.05, 0) is 30.2 Å². The molecule has 0 fully saturated rings. The van der Waals surface area contributed by atoms with Crippen molar-refractivity contribution < 1.29 is 19.4 Å². The Hall–Kier alpha value is -2.46. The molecule has 0 saturated carbocycles. The normalized spacial score (nSPS) is 13.5. The summed E-state index contributed by atoms with van der Waals surface area (Å²) in [6, 6.07) is 12.3.